The van der Waals surface area contributed by atoms with Crippen molar-refractivity contribution in [2.75, 3.05) is 0 Å². The Bertz CT molecular complexity index is 31.8. The van der Waals surface area contributed by atoms with Crippen LogP contribution in [0.1, 0.15) is 6.92 Å². The van der Waals surface area contributed by atoms with Crippen LogP contribution in [0.2, 0.25) is 0 Å². The van der Waals surface area contributed by atoms with Gasteiger partial charge in [0.25, 0.3) is 5.97 Å². The molecular weight excluding hydrogens is 96.3 g/mol. The first-order valence-electron chi connectivity index (χ1n) is 0.928. The average molecular weight is 100 g/mol. The summed E-state index contributed by atoms with van der Waals surface area (Å²) in [7, 11) is 0. The predicted octanol–water partition coefficient (Wildman–Crippen LogP) is -0.409. The van der Waals surface area contributed by atoms with Crippen LogP contribution in [-0.4, -0.2) is 34.1 Å². The number of carboxylic acid groups (broad SMARTS) is 1. The predicted molar refractivity (Wildman–Crippen MR) is 19.8 cm³/mol. The van der Waals surface area contributed by atoms with E-state index in [-0.39, 0.29) is 28.5 Å². The molecule has 0 radical (unpaired) electrons. The van der Waals surface area contributed by atoms with Crippen molar-refractivity contribution in [3.8, 4) is 0 Å². The Morgan fingerprint density at radius 2 is 1.67 bits per heavy atom. The minimum absolute atomic E-state index is 0. The van der Waals surface area contributed by atoms with Crippen LogP contribution in [0.15, 0.2) is 0 Å². The smallest absolute Gasteiger partial charge is 2.00 e. The molecule has 0 aliphatic rings. The van der Waals surface area contributed by atoms with E-state index in [0.29, 0.717) is 0 Å². The average Bonchev–Trinajstić information content (AvgIpc) is 0.811. The monoisotopic (exact) mass is 100 g/mol. The first-order valence-corrected chi connectivity index (χ1v) is 0.928. The number of aliphatic carboxylic acids is 1. The van der Waals surface area contributed by atoms with Gasteiger partial charge in [0.05, 0.1) is 0 Å². The summed E-state index contributed by atoms with van der Waals surface area (Å²) >= 11 is 0. The molecule has 1 N–H and O–H groups in total. The van der Waals surface area contributed by atoms with Crippen LogP contribution < -0.4 is 0 Å². The standard InChI is InChI=1S/C2H4O2.Mg.O/c1-2(3)4;;/h1H3,(H,3,4);;/q;+2;-2. The molecular formula is C2H4MgO3. The summed E-state index contributed by atoms with van der Waals surface area (Å²) in [4.78, 5) is 9.00. The Morgan fingerprint density at radius 1 is 1.67 bits per heavy atom. The molecule has 3 nitrogen and oxygen atoms in total. The zero-order chi connectivity index (χ0) is 3.58. The van der Waals surface area contributed by atoms with Crippen molar-refractivity contribution in [2.45, 2.75) is 6.92 Å². The largest absolute Gasteiger partial charge is 2.00 e. The van der Waals surface area contributed by atoms with Crippen LogP contribution in [0.3, 0.4) is 0 Å². The molecule has 0 heterocycles. The van der Waals surface area contributed by atoms with Gasteiger partial charge in [0.15, 0.2) is 0 Å². The van der Waals surface area contributed by atoms with E-state index in [1.807, 2.05) is 0 Å². The molecule has 0 unspecified atom stereocenters. The Morgan fingerprint density at radius 3 is 1.67 bits per heavy atom. The van der Waals surface area contributed by atoms with E-state index in [9.17, 15) is 0 Å². The first-order chi connectivity index (χ1) is 1.73. The van der Waals surface area contributed by atoms with Gasteiger partial charge in [0, 0.05) is 6.92 Å². The minimum Gasteiger partial charge on any atom is -2.00 e. The maximum atomic E-state index is 9.00. The van der Waals surface area contributed by atoms with Crippen molar-refractivity contribution in [3.63, 3.8) is 0 Å². The van der Waals surface area contributed by atoms with Gasteiger partial charge in [-0.25, -0.2) is 0 Å². The number of carbonyl (C=O) groups is 1. The zero-order valence-electron chi connectivity index (χ0n) is 3.47. The summed E-state index contributed by atoms with van der Waals surface area (Å²) in [5.74, 6) is -0.833. The van der Waals surface area contributed by atoms with E-state index < -0.39 is 5.97 Å². The second-order valence-corrected chi connectivity index (χ2v) is 0.519. The summed E-state index contributed by atoms with van der Waals surface area (Å²) < 4.78 is 0. The van der Waals surface area contributed by atoms with E-state index in [1.165, 1.54) is 0 Å². The quantitative estimate of drug-likeness (QED) is 0.421. The fourth-order valence-corrected chi connectivity index (χ4v) is 0. The molecule has 6 heavy (non-hydrogen) atoms. The van der Waals surface area contributed by atoms with Gasteiger partial charge in [-0.05, 0) is 0 Å². The van der Waals surface area contributed by atoms with Crippen molar-refractivity contribution in [1.29, 1.82) is 0 Å². The molecule has 0 spiro atoms. The molecule has 0 amide bonds. The van der Waals surface area contributed by atoms with Gasteiger partial charge >= 0.3 is 23.1 Å². The molecule has 0 aromatic rings. The number of rotatable bonds is 0. The van der Waals surface area contributed by atoms with Crippen LogP contribution in [-0.2, 0) is 10.3 Å². The van der Waals surface area contributed by atoms with Crippen LogP contribution in [0.5, 0.6) is 0 Å². The van der Waals surface area contributed by atoms with Gasteiger partial charge in [-0.15, -0.1) is 0 Å². The third-order valence-corrected chi connectivity index (χ3v) is 0. The topological polar surface area (TPSA) is 65.8 Å². The molecule has 0 aliphatic carbocycles. The minimum atomic E-state index is -0.833. The van der Waals surface area contributed by atoms with Crippen molar-refractivity contribution < 1.29 is 15.4 Å². The summed E-state index contributed by atoms with van der Waals surface area (Å²) in [5, 5.41) is 7.42. The zero-order valence-corrected chi connectivity index (χ0v) is 4.89. The van der Waals surface area contributed by atoms with Gasteiger partial charge < -0.3 is 10.6 Å². The van der Waals surface area contributed by atoms with Crippen molar-refractivity contribution >= 4 is 29.0 Å². The van der Waals surface area contributed by atoms with Gasteiger partial charge in [-0.1, -0.05) is 0 Å². The SMILES string of the molecule is CC(=O)O.[Mg+2].[O-2]. The molecule has 0 rings (SSSR count). The Labute approximate surface area is 51.8 Å². The molecule has 0 atom stereocenters. The Kier molecular flexibility index (Phi) is 24.4. The maximum absolute atomic E-state index is 9.00. The summed E-state index contributed by atoms with van der Waals surface area (Å²) in [5.41, 5.74) is 0. The molecule has 4 heteroatoms. The van der Waals surface area contributed by atoms with Crippen LogP contribution in [0.4, 0.5) is 0 Å². The van der Waals surface area contributed by atoms with Crippen molar-refractivity contribution in [2.24, 2.45) is 0 Å². The van der Waals surface area contributed by atoms with E-state index in [1.54, 1.807) is 0 Å². The molecule has 0 aromatic heterocycles. The van der Waals surface area contributed by atoms with Gasteiger partial charge in [-0.3, -0.25) is 4.79 Å². The number of hydrogen-bond donors (Lipinski definition) is 1. The fourth-order valence-electron chi connectivity index (χ4n) is 0. The molecule has 0 saturated carbocycles. The fraction of sp³-hybridized carbons (Fsp3) is 0.500. The number of hydrogen-bond acceptors (Lipinski definition) is 1. The Balaban J connectivity index is -0.0000000450. The van der Waals surface area contributed by atoms with Crippen LogP contribution in [0, 0.1) is 0 Å². The molecule has 0 saturated heterocycles. The molecule has 0 fully saturated rings. The van der Waals surface area contributed by atoms with Crippen LogP contribution >= 0.6 is 0 Å². The molecule has 32 valence electrons. The second-order valence-electron chi connectivity index (χ2n) is 0.519. The maximum Gasteiger partial charge on any atom is 2.00 e. The molecule has 0 aromatic carbocycles. The Hall–Kier alpha value is 0.196. The van der Waals surface area contributed by atoms with Crippen molar-refractivity contribution in [3.05, 3.63) is 0 Å². The number of carboxylic acids is 1. The van der Waals surface area contributed by atoms with E-state index in [0.717, 1.165) is 6.92 Å². The summed E-state index contributed by atoms with van der Waals surface area (Å²) in [6.07, 6.45) is 0. The normalized spacial score (nSPS) is 4.17. The third kappa shape index (κ3) is 1110. The van der Waals surface area contributed by atoms with E-state index in [2.05, 4.69) is 0 Å². The van der Waals surface area contributed by atoms with E-state index >= 15 is 0 Å². The first kappa shape index (κ1) is 16.4. The summed E-state index contributed by atoms with van der Waals surface area (Å²) in [6, 6.07) is 0. The second kappa shape index (κ2) is 8.96. The van der Waals surface area contributed by atoms with Gasteiger partial charge in [0.2, 0.25) is 0 Å². The summed E-state index contributed by atoms with van der Waals surface area (Å²) in [6.45, 7) is 1.08. The van der Waals surface area contributed by atoms with Crippen molar-refractivity contribution in [1.82, 2.24) is 0 Å². The third-order valence-electron chi connectivity index (χ3n) is 0. The van der Waals surface area contributed by atoms with E-state index in [4.69, 9.17) is 9.90 Å². The van der Waals surface area contributed by atoms with Crippen LogP contribution in [0.25, 0.3) is 0 Å². The molecule has 0 aliphatic heterocycles. The van der Waals surface area contributed by atoms with Gasteiger partial charge in [0.1, 0.15) is 0 Å². The van der Waals surface area contributed by atoms with Gasteiger partial charge in [-0.2, -0.15) is 0 Å². The molecule has 0 bridgehead atoms.